The van der Waals surface area contributed by atoms with E-state index in [1.807, 2.05) is 6.07 Å². The Labute approximate surface area is 116 Å². The van der Waals surface area contributed by atoms with E-state index >= 15 is 0 Å². The first-order chi connectivity index (χ1) is 8.89. The van der Waals surface area contributed by atoms with Crippen LogP contribution in [0.3, 0.4) is 0 Å². The molecule has 0 amide bonds. The Morgan fingerprint density at radius 1 is 1.42 bits per heavy atom. The fourth-order valence-electron chi connectivity index (χ4n) is 3.43. The SMILES string of the molecule is CC(C)(C)C1CCC(CN)(C(O)c2ccoc2)CC1. The van der Waals surface area contributed by atoms with Crippen molar-refractivity contribution in [1.29, 1.82) is 0 Å². The number of furan rings is 1. The summed E-state index contributed by atoms with van der Waals surface area (Å²) in [5, 5.41) is 10.6. The predicted molar refractivity (Wildman–Crippen MR) is 76.6 cm³/mol. The fourth-order valence-corrected chi connectivity index (χ4v) is 3.43. The van der Waals surface area contributed by atoms with Gasteiger partial charge in [0.1, 0.15) is 0 Å². The van der Waals surface area contributed by atoms with E-state index in [0.29, 0.717) is 12.0 Å². The van der Waals surface area contributed by atoms with Crippen LogP contribution in [-0.2, 0) is 0 Å². The van der Waals surface area contributed by atoms with Gasteiger partial charge >= 0.3 is 0 Å². The third-order valence-electron chi connectivity index (χ3n) is 5.05. The molecule has 19 heavy (non-hydrogen) atoms. The number of rotatable bonds is 3. The average Bonchev–Trinajstić information content (AvgIpc) is 2.90. The van der Waals surface area contributed by atoms with E-state index < -0.39 is 6.10 Å². The number of hydrogen-bond donors (Lipinski definition) is 2. The molecule has 1 heterocycles. The first-order valence-corrected chi connectivity index (χ1v) is 7.29. The summed E-state index contributed by atoms with van der Waals surface area (Å²) in [6.45, 7) is 7.45. The molecule has 0 saturated heterocycles. The van der Waals surface area contributed by atoms with Crippen molar-refractivity contribution in [2.45, 2.75) is 52.6 Å². The van der Waals surface area contributed by atoms with Gasteiger partial charge in [-0.05, 0) is 43.1 Å². The first-order valence-electron chi connectivity index (χ1n) is 7.29. The lowest BCUT2D eigenvalue weighted by Crippen LogP contribution is -2.42. The smallest absolute Gasteiger partial charge is 0.0960 e. The predicted octanol–water partition coefficient (Wildman–Crippen LogP) is 3.49. The lowest BCUT2D eigenvalue weighted by Gasteiger charge is -2.45. The molecule has 0 radical (unpaired) electrons. The van der Waals surface area contributed by atoms with Crippen LogP contribution >= 0.6 is 0 Å². The number of nitrogens with two attached hydrogens (primary N) is 1. The van der Waals surface area contributed by atoms with Crippen molar-refractivity contribution in [2.24, 2.45) is 22.5 Å². The van der Waals surface area contributed by atoms with Gasteiger partial charge in [0.2, 0.25) is 0 Å². The molecule has 1 aliphatic rings. The monoisotopic (exact) mass is 265 g/mol. The third-order valence-corrected chi connectivity index (χ3v) is 5.05. The van der Waals surface area contributed by atoms with Crippen molar-refractivity contribution < 1.29 is 9.52 Å². The van der Waals surface area contributed by atoms with Crippen molar-refractivity contribution in [2.75, 3.05) is 6.54 Å². The molecule has 3 heteroatoms. The third kappa shape index (κ3) is 2.87. The summed E-state index contributed by atoms with van der Waals surface area (Å²) in [4.78, 5) is 0. The standard InChI is InChI=1S/C16H27NO2/c1-15(2,3)13-4-7-16(11-17,8-5-13)14(18)12-6-9-19-10-12/h6,9-10,13-14,18H,4-5,7-8,11,17H2,1-3H3. The zero-order valence-corrected chi connectivity index (χ0v) is 12.4. The largest absolute Gasteiger partial charge is 0.472 e. The lowest BCUT2D eigenvalue weighted by molar-refractivity contribution is -0.0236. The van der Waals surface area contributed by atoms with E-state index in [9.17, 15) is 5.11 Å². The zero-order valence-electron chi connectivity index (χ0n) is 12.4. The average molecular weight is 265 g/mol. The summed E-state index contributed by atoms with van der Waals surface area (Å²) in [5.41, 5.74) is 7.04. The Balaban J connectivity index is 2.10. The maximum absolute atomic E-state index is 10.6. The highest BCUT2D eigenvalue weighted by Gasteiger charge is 2.43. The molecule has 3 N–H and O–H groups in total. The molecule has 2 rings (SSSR count). The highest BCUT2D eigenvalue weighted by molar-refractivity contribution is 5.14. The molecule has 3 nitrogen and oxygen atoms in total. The topological polar surface area (TPSA) is 59.4 Å². The molecule has 1 aliphatic carbocycles. The maximum atomic E-state index is 10.6. The number of aliphatic hydroxyl groups is 1. The van der Waals surface area contributed by atoms with Gasteiger partial charge in [0.25, 0.3) is 0 Å². The minimum atomic E-state index is -0.503. The van der Waals surface area contributed by atoms with Crippen LogP contribution in [0.1, 0.15) is 58.1 Å². The summed E-state index contributed by atoms with van der Waals surface area (Å²) in [6.07, 6.45) is 7.04. The van der Waals surface area contributed by atoms with Crippen LogP contribution in [0.25, 0.3) is 0 Å². The maximum Gasteiger partial charge on any atom is 0.0960 e. The van der Waals surface area contributed by atoms with E-state index in [0.717, 1.165) is 37.2 Å². The van der Waals surface area contributed by atoms with Crippen LogP contribution in [0.5, 0.6) is 0 Å². The van der Waals surface area contributed by atoms with Crippen molar-refractivity contribution in [3.63, 3.8) is 0 Å². The van der Waals surface area contributed by atoms with Gasteiger partial charge in [-0.2, -0.15) is 0 Å². The van der Waals surface area contributed by atoms with Gasteiger partial charge in [0, 0.05) is 17.5 Å². The fraction of sp³-hybridized carbons (Fsp3) is 0.750. The Kier molecular flexibility index (Phi) is 4.07. The van der Waals surface area contributed by atoms with Crippen molar-refractivity contribution in [3.05, 3.63) is 24.2 Å². The van der Waals surface area contributed by atoms with Crippen molar-refractivity contribution in [3.8, 4) is 0 Å². The van der Waals surface area contributed by atoms with Gasteiger partial charge in [0.15, 0.2) is 0 Å². The second-order valence-electron chi connectivity index (χ2n) is 7.17. The van der Waals surface area contributed by atoms with Gasteiger partial charge in [-0.25, -0.2) is 0 Å². The molecule has 1 aromatic heterocycles. The van der Waals surface area contributed by atoms with Crippen LogP contribution in [0.2, 0.25) is 0 Å². The van der Waals surface area contributed by atoms with Gasteiger partial charge in [-0.1, -0.05) is 20.8 Å². The second-order valence-corrected chi connectivity index (χ2v) is 7.17. The van der Waals surface area contributed by atoms with Crippen LogP contribution in [0, 0.1) is 16.7 Å². The Bertz CT molecular complexity index is 383. The Hall–Kier alpha value is -0.800. The molecule has 108 valence electrons. The summed E-state index contributed by atoms with van der Waals surface area (Å²) >= 11 is 0. The Morgan fingerprint density at radius 3 is 2.47 bits per heavy atom. The summed E-state index contributed by atoms with van der Waals surface area (Å²) in [6, 6.07) is 1.85. The molecular weight excluding hydrogens is 238 g/mol. The molecule has 0 aromatic carbocycles. The summed E-state index contributed by atoms with van der Waals surface area (Å²) < 4.78 is 5.09. The van der Waals surface area contributed by atoms with E-state index in [1.54, 1.807) is 12.5 Å². The first kappa shape index (κ1) is 14.6. The molecule has 1 aromatic rings. The van der Waals surface area contributed by atoms with Crippen molar-refractivity contribution >= 4 is 0 Å². The van der Waals surface area contributed by atoms with Crippen LogP contribution < -0.4 is 5.73 Å². The minimum Gasteiger partial charge on any atom is -0.472 e. The van der Waals surface area contributed by atoms with E-state index in [4.69, 9.17) is 10.2 Å². The molecule has 0 aliphatic heterocycles. The quantitative estimate of drug-likeness (QED) is 0.879. The van der Waals surface area contributed by atoms with E-state index in [-0.39, 0.29) is 5.41 Å². The molecule has 0 bridgehead atoms. The van der Waals surface area contributed by atoms with Crippen molar-refractivity contribution in [1.82, 2.24) is 0 Å². The van der Waals surface area contributed by atoms with Gasteiger partial charge < -0.3 is 15.3 Å². The second kappa shape index (κ2) is 5.29. The highest BCUT2D eigenvalue weighted by atomic mass is 16.3. The van der Waals surface area contributed by atoms with E-state index in [1.165, 1.54) is 0 Å². The minimum absolute atomic E-state index is 0.175. The lowest BCUT2D eigenvalue weighted by atomic mass is 9.61. The molecule has 1 unspecified atom stereocenters. The van der Waals surface area contributed by atoms with Gasteiger partial charge in [0.05, 0.1) is 18.6 Å². The number of hydrogen-bond acceptors (Lipinski definition) is 3. The normalized spacial score (nSPS) is 30.3. The summed E-state index contributed by atoms with van der Waals surface area (Å²) in [7, 11) is 0. The Morgan fingerprint density at radius 2 is 2.05 bits per heavy atom. The van der Waals surface area contributed by atoms with Crippen LogP contribution in [-0.4, -0.2) is 11.7 Å². The molecule has 0 spiro atoms. The zero-order chi connectivity index (χ0) is 14.1. The molecule has 1 saturated carbocycles. The number of aliphatic hydroxyl groups excluding tert-OH is 1. The molecular formula is C16H27NO2. The van der Waals surface area contributed by atoms with E-state index in [2.05, 4.69) is 20.8 Å². The highest BCUT2D eigenvalue weighted by Crippen LogP contribution is 2.50. The van der Waals surface area contributed by atoms with Crippen LogP contribution in [0.15, 0.2) is 23.0 Å². The van der Waals surface area contributed by atoms with Crippen LogP contribution in [0.4, 0.5) is 0 Å². The summed E-state index contributed by atoms with van der Waals surface area (Å²) in [5.74, 6) is 0.726. The van der Waals surface area contributed by atoms with Gasteiger partial charge in [-0.15, -0.1) is 0 Å². The molecule has 1 atom stereocenters. The van der Waals surface area contributed by atoms with Gasteiger partial charge in [-0.3, -0.25) is 0 Å². The molecule has 1 fully saturated rings.